The molecule has 0 saturated heterocycles. The van der Waals surface area contributed by atoms with Crippen molar-refractivity contribution in [2.45, 2.75) is 24.8 Å². The summed E-state index contributed by atoms with van der Waals surface area (Å²) in [7, 11) is -3.72. The first-order chi connectivity index (χ1) is 11.3. The lowest BCUT2D eigenvalue weighted by molar-refractivity contribution is -0.117. The molecule has 3 N–H and O–H groups in total. The van der Waals surface area contributed by atoms with Crippen molar-refractivity contribution in [1.29, 1.82) is 0 Å². The second-order valence-electron chi connectivity index (χ2n) is 5.41. The molecule has 1 aromatic carbocycles. The second-order valence-corrected chi connectivity index (χ2v) is 6.97. The number of hydrogen-bond donors (Lipinski definition) is 2. The van der Waals surface area contributed by atoms with Crippen molar-refractivity contribution in [2.24, 2.45) is 5.14 Å². The third-order valence-corrected chi connectivity index (χ3v) is 4.48. The van der Waals surface area contributed by atoms with E-state index >= 15 is 0 Å². The molecule has 0 fully saturated rings. The van der Waals surface area contributed by atoms with Crippen molar-refractivity contribution in [1.82, 2.24) is 10.3 Å². The number of nitrogens with two attached hydrogens (primary N) is 1. The van der Waals surface area contributed by atoms with E-state index in [9.17, 15) is 13.2 Å². The Morgan fingerprint density at radius 2 is 1.75 bits per heavy atom. The minimum absolute atomic E-state index is 0.0400. The van der Waals surface area contributed by atoms with Gasteiger partial charge in [0.05, 0.1) is 10.9 Å². The molecule has 0 bridgehead atoms. The van der Waals surface area contributed by atoms with Gasteiger partial charge in [-0.15, -0.1) is 0 Å². The van der Waals surface area contributed by atoms with E-state index in [1.807, 2.05) is 26.0 Å². The maximum Gasteiger partial charge on any atom is 0.244 e. The summed E-state index contributed by atoms with van der Waals surface area (Å²) in [5, 5.41) is 7.91. The lowest BCUT2D eigenvalue weighted by Gasteiger charge is -2.14. The third kappa shape index (κ3) is 4.74. The van der Waals surface area contributed by atoms with Crippen molar-refractivity contribution in [2.75, 3.05) is 0 Å². The summed E-state index contributed by atoms with van der Waals surface area (Å²) in [5.74, 6) is -0.229. The maximum absolute atomic E-state index is 12.1. The number of nitrogens with one attached hydrogen (secondary N) is 1. The smallest absolute Gasteiger partial charge is 0.244 e. The number of pyridine rings is 1. The van der Waals surface area contributed by atoms with Crippen LogP contribution in [0.3, 0.4) is 0 Å². The summed E-state index contributed by atoms with van der Waals surface area (Å²) in [6.45, 7) is 3.67. The molecule has 0 saturated carbocycles. The monoisotopic (exact) mass is 345 g/mol. The van der Waals surface area contributed by atoms with E-state index in [0.29, 0.717) is 0 Å². The Labute approximate surface area is 141 Å². The molecule has 0 radical (unpaired) electrons. The van der Waals surface area contributed by atoms with Crippen LogP contribution >= 0.6 is 0 Å². The molecular formula is C17H19N3O3S. The topological polar surface area (TPSA) is 102 Å². The zero-order valence-corrected chi connectivity index (χ0v) is 14.2. The molecule has 126 valence electrons. The number of sulfonamides is 1. The average molecular weight is 345 g/mol. The minimum Gasteiger partial charge on any atom is -0.346 e. The first-order valence-corrected chi connectivity index (χ1v) is 8.84. The fourth-order valence-corrected chi connectivity index (χ4v) is 2.69. The van der Waals surface area contributed by atoms with Crippen molar-refractivity contribution >= 4 is 21.5 Å². The third-order valence-electron chi connectivity index (χ3n) is 3.55. The first-order valence-electron chi connectivity index (χ1n) is 7.29. The number of nitrogens with zero attached hydrogens (tertiary/aromatic N) is 1. The minimum atomic E-state index is -3.72. The Hall–Kier alpha value is -2.51. The first kappa shape index (κ1) is 17.8. The number of carbonyl (C=O) groups is 1. The van der Waals surface area contributed by atoms with E-state index in [1.165, 1.54) is 18.2 Å². The van der Waals surface area contributed by atoms with Crippen LogP contribution in [0.4, 0.5) is 0 Å². The molecular weight excluding hydrogens is 326 g/mol. The van der Waals surface area contributed by atoms with E-state index in [4.69, 9.17) is 5.14 Å². The van der Waals surface area contributed by atoms with E-state index in [1.54, 1.807) is 24.5 Å². The number of carbonyl (C=O) groups excluding carboxylic acids is 1. The van der Waals surface area contributed by atoms with Crippen LogP contribution in [0.25, 0.3) is 5.57 Å². The molecule has 7 heteroatoms. The normalized spacial score (nSPS) is 13.4. The molecule has 0 aliphatic rings. The van der Waals surface area contributed by atoms with Gasteiger partial charge in [-0.1, -0.05) is 12.1 Å². The molecule has 2 aromatic rings. The number of allylic oxidation sites excluding steroid dienone is 1. The lowest BCUT2D eigenvalue weighted by atomic mass is 10.1. The van der Waals surface area contributed by atoms with Gasteiger partial charge in [0.25, 0.3) is 0 Å². The van der Waals surface area contributed by atoms with Crippen LogP contribution in [0.5, 0.6) is 0 Å². The number of primary sulfonamides is 1. The lowest BCUT2D eigenvalue weighted by Crippen LogP contribution is -2.25. The summed E-state index contributed by atoms with van der Waals surface area (Å²) in [5.41, 5.74) is 2.53. The molecule has 0 aliphatic heterocycles. The average Bonchev–Trinajstić information content (AvgIpc) is 2.54. The van der Waals surface area contributed by atoms with Crippen molar-refractivity contribution in [3.63, 3.8) is 0 Å². The molecule has 1 unspecified atom stereocenters. The Morgan fingerprint density at radius 3 is 2.29 bits per heavy atom. The van der Waals surface area contributed by atoms with Crippen LogP contribution in [-0.4, -0.2) is 19.3 Å². The van der Waals surface area contributed by atoms with Crippen molar-refractivity contribution < 1.29 is 13.2 Å². The predicted octanol–water partition coefficient (Wildman–Crippen LogP) is 2.01. The molecule has 1 atom stereocenters. The van der Waals surface area contributed by atoms with Gasteiger partial charge in [-0.2, -0.15) is 0 Å². The molecule has 0 spiro atoms. The quantitative estimate of drug-likeness (QED) is 0.809. The zero-order chi connectivity index (χ0) is 17.7. The molecule has 2 rings (SSSR count). The van der Waals surface area contributed by atoms with Crippen LogP contribution in [0.2, 0.25) is 0 Å². The number of hydrogen-bond acceptors (Lipinski definition) is 4. The predicted molar refractivity (Wildman–Crippen MR) is 92.3 cm³/mol. The number of rotatable bonds is 5. The fraction of sp³-hybridized carbons (Fsp3) is 0.176. The highest BCUT2D eigenvalue weighted by Gasteiger charge is 2.11. The highest BCUT2D eigenvalue weighted by Crippen LogP contribution is 2.16. The summed E-state index contributed by atoms with van der Waals surface area (Å²) in [4.78, 5) is 16.1. The fourth-order valence-electron chi connectivity index (χ4n) is 2.18. The largest absolute Gasteiger partial charge is 0.346 e. The van der Waals surface area contributed by atoms with Gasteiger partial charge < -0.3 is 5.32 Å². The van der Waals surface area contributed by atoms with Crippen LogP contribution in [-0.2, 0) is 14.8 Å². The van der Waals surface area contributed by atoms with Crippen LogP contribution < -0.4 is 10.5 Å². The zero-order valence-electron chi connectivity index (χ0n) is 13.4. The van der Waals surface area contributed by atoms with Gasteiger partial charge in [0.1, 0.15) is 0 Å². The van der Waals surface area contributed by atoms with E-state index < -0.39 is 10.0 Å². The maximum atomic E-state index is 12.1. The van der Waals surface area contributed by atoms with Crippen molar-refractivity contribution in [3.8, 4) is 0 Å². The summed E-state index contributed by atoms with van der Waals surface area (Å²) in [6, 6.07) is 9.49. The molecule has 6 nitrogen and oxygen atoms in total. The van der Waals surface area contributed by atoms with Crippen LogP contribution in [0.15, 0.2) is 59.8 Å². The van der Waals surface area contributed by atoms with E-state index in [2.05, 4.69) is 10.3 Å². The van der Waals surface area contributed by atoms with Gasteiger partial charge in [-0.3, -0.25) is 9.78 Å². The van der Waals surface area contributed by atoms with Crippen LogP contribution in [0, 0.1) is 0 Å². The van der Waals surface area contributed by atoms with Crippen molar-refractivity contribution in [3.05, 3.63) is 66.0 Å². The van der Waals surface area contributed by atoms with Gasteiger partial charge in [-0.25, -0.2) is 13.6 Å². The van der Waals surface area contributed by atoms with Gasteiger partial charge >= 0.3 is 0 Å². The van der Waals surface area contributed by atoms with E-state index in [0.717, 1.165) is 16.7 Å². The number of amides is 1. The number of aromatic nitrogens is 1. The standard InChI is InChI=1S/C17H19N3O3S/c1-12(14-7-9-19-10-8-14)11-17(21)20-13(2)15-3-5-16(6-4-15)24(18,22)23/h3-11,13H,1-2H3,(H,20,21)(H2,18,22,23)/b12-11+. The Bertz CT molecular complexity index is 844. The van der Waals surface area contributed by atoms with Gasteiger partial charge in [-0.05, 0) is 54.8 Å². The molecule has 0 aliphatic carbocycles. The molecule has 24 heavy (non-hydrogen) atoms. The summed E-state index contributed by atoms with van der Waals surface area (Å²) < 4.78 is 22.5. The van der Waals surface area contributed by atoms with Gasteiger partial charge in [0, 0.05) is 18.5 Å². The highest BCUT2D eigenvalue weighted by molar-refractivity contribution is 7.89. The summed E-state index contributed by atoms with van der Waals surface area (Å²) in [6.07, 6.45) is 4.85. The Kier molecular flexibility index (Phi) is 5.48. The summed E-state index contributed by atoms with van der Waals surface area (Å²) >= 11 is 0. The molecule has 1 heterocycles. The van der Waals surface area contributed by atoms with Crippen LogP contribution in [0.1, 0.15) is 31.0 Å². The second kappa shape index (κ2) is 7.37. The SMILES string of the molecule is C/C(=C\C(=O)NC(C)c1ccc(S(N)(=O)=O)cc1)c1ccncc1. The van der Waals surface area contributed by atoms with E-state index in [-0.39, 0.29) is 16.8 Å². The van der Waals surface area contributed by atoms with Gasteiger partial charge in [0.15, 0.2) is 0 Å². The highest BCUT2D eigenvalue weighted by atomic mass is 32.2. The number of benzene rings is 1. The van der Waals surface area contributed by atoms with Gasteiger partial charge in [0.2, 0.25) is 15.9 Å². The molecule has 1 aromatic heterocycles. The Balaban J connectivity index is 2.06. The Morgan fingerprint density at radius 1 is 1.17 bits per heavy atom. The molecule has 1 amide bonds.